The highest BCUT2D eigenvalue weighted by Gasteiger charge is 2.18. The zero-order chi connectivity index (χ0) is 11.4. The van der Waals surface area contributed by atoms with Crippen molar-refractivity contribution in [3.63, 3.8) is 0 Å². The lowest BCUT2D eigenvalue weighted by Crippen LogP contribution is -2.29. The van der Waals surface area contributed by atoms with Crippen molar-refractivity contribution in [2.45, 2.75) is 18.1 Å². The number of ether oxygens (including phenoxy) is 1. The predicted molar refractivity (Wildman–Crippen MR) is 68.7 cm³/mol. The SMILES string of the molecule is COc1ccsc1C(=O)NCC1CCCS1. The highest BCUT2D eigenvalue weighted by atomic mass is 32.2. The lowest BCUT2D eigenvalue weighted by molar-refractivity contribution is 0.0955. The van der Waals surface area contributed by atoms with Crippen molar-refractivity contribution >= 4 is 29.0 Å². The van der Waals surface area contributed by atoms with E-state index in [2.05, 4.69) is 5.32 Å². The molecule has 88 valence electrons. The average molecular weight is 257 g/mol. The van der Waals surface area contributed by atoms with Crippen molar-refractivity contribution in [1.29, 1.82) is 0 Å². The molecule has 3 nitrogen and oxygen atoms in total. The number of hydrogen-bond acceptors (Lipinski definition) is 4. The predicted octanol–water partition coefficient (Wildman–Crippen LogP) is 2.38. The Morgan fingerprint density at radius 2 is 2.56 bits per heavy atom. The summed E-state index contributed by atoms with van der Waals surface area (Å²) >= 11 is 3.37. The molecule has 1 fully saturated rings. The molecule has 5 heteroatoms. The minimum Gasteiger partial charge on any atom is -0.495 e. The first-order chi connectivity index (χ1) is 7.81. The van der Waals surface area contributed by atoms with Crippen LogP contribution in [0.3, 0.4) is 0 Å². The smallest absolute Gasteiger partial charge is 0.265 e. The van der Waals surface area contributed by atoms with Gasteiger partial charge in [0.05, 0.1) is 7.11 Å². The molecule has 1 unspecified atom stereocenters. The van der Waals surface area contributed by atoms with E-state index in [0.717, 1.165) is 6.54 Å². The van der Waals surface area contributed by atoms with E-state index >= 15 is 0 Å². The van der Waals surface area contributed by atoms with Gasteiger partial charge in [-0.05, 0) is 30.0 Å². The summed E-state index contributed by atoms with van der Waals surface area (Å²) in [6.07, 6.45) is 2.49. The fourth-order valence-corrected chi connectivity index (χ4v) is 3.69. The van der Waals surface area contributed by atoms with Gasteiger partial charge >= 0.3 is 0 Å². The van der Waals surface area contributed by atoms with Crippen molar-refractivity contribution < 1.29 is 9.53 Å². The molecule has 0 aliphatic carbocycles. The van der Waals surface area contributed by atoms with Crippen molar-refractivity contribution in [3.8, 4) is 5.75 Å². The number of carbonyl (C=O) groups is 1. The summed E-state index contributed by atoms with van der Waals surface area (Å²) in [5, 5.41) is 5.44. The van der Waals surface area contributed by atoms with Crippen LogP contribution in [-0.2, 0) is 0 Å². The number of nitrogens with one attached hydrogen (secondary N) is 1. The van der Waals surface area contributed by atoms with E-state index < -0.39 is 0 Å². The normalized spacial score (nSPS) is 19.7. The fraction of sp³-hybridized carbons (Fsp3) is 0.545. The maximum Gasteiger partial charge on any atom is 0.265 e. The molecular formula is C11H15NO2S2. The van der Waals surface area contributed by atoms with Gasteiger partial charge in [0.15, 0.2) is 0 Å². The lowest BCUT2D eigenvalue weighted by atomic mass is 10.2. The van der Waals surface area contributed by atoms with Crippen molar-refractivity contribution in [2.24, 2.45) is 0 Å². The summed E-state index contributed by atoms with van der Waals surface area (Å²) in [4.78, 5) is 12.5. The molecule has 1 aliphatic heterocycles. The summed E-state index contributed by atoms with van der Waals surface area (Å²) in [5.74, 6) is 1.88. The zero-order valence-electron chi connectivity index (χ0n) is 9.19. The first-order valence-corrected chi connectivity index (χ1v) is 7.25. The largest absolute Gasteiger partial charge is 0.495 e. The molecule has 1 N–H and O–H groups in total. The first kappa shape index (κ1) is 11.8. The Morgan fingerprint density at radius 3 is 3.25 bits per heavy atom. The number of hydrogen-bond donors (Lipinski definition) is 1. The van der Waals surface area contributed by atoms with Gasteiger partial charge in [0.2, 0.25) is 0 Å². The van der Waals surface area contributed by atoms with Crippen molar-refractivity contribution in [1.82, 2.24) is 5.32 Å². The van der Waals surface area contributed by atoms with Crippen LogP contribution in [0.15, 0.2) is 11.4 Å². The van der Waals surface area contributed by atoms with Gasteiger partial charge in [0.1, 0.15) is 10.6 Å². The Morgan fingerprint density at radius 1 is 1.69 bits per heavy atom. The summed E-state index contributed by atoms with van der Waals surface area (Å²) < 4.78 is 5.12. The van der Waals surface area contributed by atoms with Gasteiger partial charge in [-0.15, -0.1) is 11.3 Å². The van der Waals surface area contributed by atoms with Crippen molar-refractivity contribution in [3.05, 3.63) is 16.3 Å². The number of rotatable bonds is 4. The van der Waals surface area contributed by atoms with Crippen LogP contribution in [0.2, 0.25) is 0 Å². The molecule has 1 aliphatic rings. The molecule has 0 bridgehead atoms. The molecule has 1 atom stereocenters. The topological polar surface area (TPSA) is 38.3 Å². The van der Waals surface area contributed by atoms with Gasteiger partial charge < -0.3 is 10.1 Å². The second-order valence-corrected chi connectivity index (χ2v) is 5.99. The van der Waals surface area contributed by atoms with Crippen LogP contribution in [0.5, 0.6) is 5.75 Å². The van der Waals surface area contributed by atoms with E-state index in [-0.39, 0.29) is 5.91 Å². The van der Waals surface area contributed by atoms with Crippen LogP contribution >= 0.6 is 23.1 Å². The third-order valence-electron chi connectivity index (χ3n) is 2.57. The molecule has 16 heavy (non-hydrogen) atoms. The Hall–Kier alpha value is -0.680. The van der Waals surface area contributed by atoms with Gasteiger partial charge in [0, 0.05) is 11.8 Å². The minimum absolute atomic E-state index is 0.0145. The molecule has 0 saturated carbocycles. The Bertz CT molecular complexity index is 359. The van der Waals surface area contributed by atoms with Crippen LogP contribution in [0.4, 0.5) is 0 Å². The highest BCUT2D eigenvalue weighted by molar-refractivity contribution is 8.00. The lowest BCUT2D eigenvalue weighted by Gasteiger charge is -2.09. The third-order valence-corrected chi connectivity index (χ3v) is 4.86. The standard InChI is InChI=1S/C11H15NO2S2/c1-14-9-4-6-16-10(9)11(13)12-7-8-3-2-5-15-8/h4,6,8H,2-3,5,7H2,1H3,(H,12,13). The van der Waals surface area contributed by atoms with Gasteiger partial charge in [-0.1, -0.05) is 0 Å². The van der Waals surface area contributed by atoms with E-state index in [0.29, 0.717) is 15.9 Å². The number of thioether (sulfide) groups is 1. The quantitative estimate of drug-likeness (QED) is 0.900. The fourth-order valence-electron chi connectivity index (χ4n) is 1.72. The molecule has 0 aromatic carbocycles. The Kier molecular flexibility index (Phi) is 4.12. The van der Waals surface area contributed by atoms with Crippen LogP contribution in [0.1, 0.15) is 22.5 Å². The second-order valence-electron chi connectivity index (χ2n) is 3.66. The number of thiophene rings is 1. The summed E-state index contributed by atoms with van der Waals surface area (Å²) in [5.41, 5.74) is 0. The van der Waals surface area contributed by atoms with Crippen LogP contribution in [0, 0.1) is 0 Å². The van der Waals surface area contributed by atoms with Gasteiger partial charge in [-0.2, -0.15) is 11.8 Å². The van der Waals surface area contributed by atoms with E-state index in [9.17, 15) is 4.79 Å². The molecule has 1 aromatic rings. The number of carbonyl (C=O) groups excluding carboxylic acids is 1. The van der Waals surface area contributed by atoms with Gasteiger partial charge in [-0.25, -0.2) is 0 Å². The molecule has 0 spiro atoms. The van der Waals surface area contributed by atoms with Crippen LogP contribution in [-0.4, -0.2) is 30.6 Å². The molecule has 2 heterocycles. The maximum absolute atomic E-state index is 11.9. The third kappa shape index (κ3) is 2.71. The van der Waals surface area contributed by atoms with E-state index in [1.54, 1.807) is 7.11 Å². The molecule has 1 aromatic heterocycles. The Labute approximate surface area is 104 Å². The molecule has 2 rings (SSSR count). The average Bonchev–Trinajstić information content (AvgIpc) is 2.96. The molecule has 1 saturated heterocycles. The molecule has 1 amide bonds. The maximum atomic E-state index is 11.9. The van der Waals surface area contributed by atoms with Crippen molar-refractivity contribution in [2.75, 3.05) is 19.4 Å². The summed E-state index contributed by atoms with van der Waals surface area (Å²) in [6, 6.07) is 1.82. The zero-order valence-corrected chi connectivity index (χ0v) is 10.8. The summed E-state index contributed by atoms with van der Waals surface area (Å²) in [6.45, 7) is 0.768. The van der Waals surface area contributed by atoms with E-state index in [1.807, 2.05) is 23.2 Å². The highest BCUT2D eigenvalue weighted by Crippen LogP contribution is 2.26. The second kappa shape index (κ2) is 5.59. The molecular weight excluding hydrogens is 242 g/mol. The van der Waals surface area contributed by atoms with E-state index in [4.69, 9.17) is 4.74 Å². The molecule has 0 radical (unpaired) electrons. The number of methoxy groups -OCH3 is 1. The van der Waals surface area contributed by atoms with Gasteiger partial charge in [-0.3, -0.25) is 4.79 Å². The Balaban J connectivity index is 1.87. The minimum atomic E-state index is -0.0145. The van der Waals surface area contributed by atoms with E-state index in [1.165, 1.54) is 29.9 Å². The summed E-state index contributed by atoms with van der Waals surface area (Å²) in [7, 11) is 1.59. The van der Waals surface area contributed by atoms with Gasteiger partial charge in [0.25, 0.3) is 5.91 Å². The number of amides is 1. The van der Waals surface area contributed by atoms with Crippen LogP contribution in [0.25, 0.3) is 0 Å². The van der Waals surface area contributed by atoms with Crippen LogP contribution < -0.4 is 10.1 Å². The first-order valence-electron chi connectivity index (χ1n) is 5.32. The monoisotopic (exact) mass is 257 g/mol.